The molecule has 0 radical (unpaired) electrons. The molecule has 0 heterocycles. The molecule has 0 saturated carbocycles. The van der Waals surface area contributed by atoms with E-state index in [1.54, 1.807) is 14.2 Å². The molecule has 12 heavy (non-hydrogen) atoms. The number of rotatable bonds is 0. The maximum absolute atomic E-state index is 10.9. The quantitative estimate of drug-likeness (QED) is 0.492. The molecule has 0 aliphatic rings. The summed E-state index contributed by atoms with van der Waals surface area (Å²) >= 11 is -4.53. The van der Waals surface area contributed by atoms with E-state index in [0.29, 0.717) is 0 Å². The Morgan fingerprint density at radius 3 is 1.00 bits per heavy atom. The van der Waals surface area contributed by atoms with Crippen LogP contribution in [-0.4, -0.2) is 21.7 Å². The SMILES string of the molecule is COC.F[C](F)(F)[Cd][C](F)(F)F. The first-order valence-corrected chi connectivity index (χ1v) is 6.69. The molecule has 0 aromatic carbocycles. The first-order valence-electron chi connectivity index (χ1n) is 2.66. The van der Waals surface area contributed by atoms with Crippen molar-refractivity contribution in [3.63, 3.8) is 0 Å². The fraction of sp³-hybridized carbons (Fsp3) is 1.00. The van der Waals surface area contributed by atoms with Crippen molar-refractivity contribution < 1.29 is 55.3 Å². The van der Waals surface area contributed by atoms with E-state index in [4.69, 9.17) is 0 Å². The number of hydrogen-bond donors (Lipinski definition) is 0. The van der Waals surface area contributed by atoms with Crippen LogP contribution in [0.4, 0.5) is 26.3 Å². The van der Waals surface area contributed by atoms with Crippen molar-refractivity contribution >= 4 is 0 Å². The summed E-state index contributed by atoms with van der Waals surface area (Å²) in [4.78, 5) is 0. The Balaban J connectivity index is 0. The third-order valence-corrected chi connectivity index (χ3v) is 2.69. The fourth-order valence-electron chi connectivity index (χ4n) is 0.227. The maximum atomic E-state index is 10.9. The standard InChI is InChI=1S/C2H6O.2CF3.Cd/c1-3-2;2*2-1(3)4;/h1-2H3;;;. The van der Waals surface area contributed by atoms with Crippen LogP contribution >= 0.6 is 0 Å². The molecule has 0 aliphatic heterocycles. The van der Waals surface area contributed by atoms with Crippen molar-refractivity contribution in [1.29, 1.82) is 0 Å². The van der Waals surface area contributed by atoms with Crippen LogP contribution in [0.15, 0.2) is 0 Å². The number of alkyl halides is 6. The molecule has 0 N–H and O–H groups in total. The normalized spacial score (nSPS) is 11.3. The van der Waals surface area contributed by atoms with E-state index in [2.05, 4.69) is 4.74 Å². The van der Waals surface area contributed by atoms with Crippen molar-refractivity contribution in [3.05, 3.63) is 0 Å². The minimum absolute atomic E-state index is 1.62. The van der Waals surface area contributed by atoms with E-state index in [9.17, 15) is 26.3 Å². The first-order chi connectivity index (χ1) is 5.12. The second-order valence-corrected chi connectivity index (χ2v) is 7.40. The summed E-state index contributed by atoms with van der Waals surface area (Å²) in [6.45, 7) is 0. The Morgan fingerprint density at radius 1 is 0.833 bits per heavy atom. The van der Waals surface area contributed by atoms with Gasteiger partial charge in [-0.1, -0.05) is 0 Å². The van der Waals surface area contributed by atoms with Gasteiger partial charge in [-0.3, -0.25) is 0 Å². The van der Waals surface area contributed by atoms with Gasteiger partial charge in [-0.05, 0) is 0 Å². The Kier molecular flexibility index (Phi) is 7.48. The van der Waals surface area contributed by atoms with E-state index < -0.39 is 31.7 Å². The summed E-state index contributed by atoms with van der Waals surface area (Å²) < 4.78 is 59.9. The Hall–Kier alpha value is 0.462. The van der Waals surface area contributed by atoms with Crippen LogP contribution in [0.1, 0.15) is 0 Å². The monoisotopic (exact) mass is 298 g/mol. The van der Waals surface area contributed by atoms with Crippen LogP contribution in [0.2, 0.25) is 0 Å². The van der Waals surface area contributed by atoms with Gasteiger partial charge in [0.2, 0.25) is 0 Å². The molecule has 0 aromatic rings. The fourth-order valence-corrected chi connectivity index (χ4v) is 1.52. The average Bonchev–Trinajstić information content (AvgIpc) is 1.53. The second kappa shape index (κ2) is 6.00. The van der Waals surface area contributed by atoms with Crippen molar-refractivity contribution in [1.82, 2.24) is 0 Å². The van der Waals surface area contributed by atoms with E-state index in [-0.39, 0.29) is 0 Å². The van der Waals surface area contributed by atoms with Gasteiger partial charge in [-0.15, -0.1) is 0 Å². The zero-order valence-electron chi connectivity index (χ0n) is 6.38. The molecular weight excluding hydrogens is 290 g/mol. The van der Waals surface area contributed by atoms with Gasteiger partial charge in [-0.25, -0.2) is 0 Å². The molecule has 0 unspecified atom stereocenters. The van der Waals surface area contributed by atoms with E-state index >= 15 is 0 Å². The number of ether oxygens (including phenoxy) is 1. The Morgan fingerprint density at radius 2 is 1.00 bits per heavy atom. The van der Waals surface area contributed by atoms with Gasteiger partial charge in [0, 0.05) is 14.2 Å². The van der Waals surface area contributed by atoms with Crippen LogP contribution in [-0.2, 0) is 29.0 Å². The predicted molar refractivity (Wildman–Crippen MR) is 25.0 cm³/mol. The molecule has 0 spiro atoms. The second-order valence-electron chi connectivity index (χ2n) is 1.82. The van der Waals surface area contributed by atoms with Crippen LogP contribution in [0, 0.1) is 0 Å². The third-order valence-electron chi connectivity index (χ3n) is 0.401. The Bertz CT molecular complexity index is 95.1. The molecule has 8 heteroatoms. The van der Waals surface area contributed by atoms with Gasteiger partial charge in [0.25, 0.3) is 0 Å². The molecule has 0 fully saturated rings. The molecular formula is C4H6CdF6O. The predicted octanol–water partition coefficient (Wildman–Crippen LogP) is 2.37. The summed E-state index contributed by atoms with van der Waals surface area (Å²) in [6.07, 6.45) is 0. The molecule has 0 bridgehead atoms. The Labute approximate surface area is 77.3 Å². The van der Waals surface area contributed by atoms with Gasteiger partial charge in [-0.2, -0.15) is 0 Å². The molecule has 72 valence electrons. The molecule has 0 rings (SSSR count). The van der Waals surface area contributed by atoms with Crippen molar-refractivity contribution in [2.45, 2.75) is 7.47 Å². The molecule has 0 atom stereocenters. The van der Waals surface area contributed by atoms with Gasteiger partial charge < -0.3 is 4.74 Å². The van der Waals surface area contributed by atoms with E-state index in [1.807, 2.05) is 0 Å². The summed E-state index contributed by atoms with van der Waals surface area (Å²) in [6, 6.07) is 0. The summed E-state index contributed by atoms with van der Waals surface area (Å²) in [5.41, 5.74) is 0. The topological polar surface area (TPSA) is 9.23 Å². The van der Waals surface area contributed by atoms with Crippen LogP contribution in [0.25, 0.3) is 0 Å². The summed E-state index contributed by atoms with van der Waals surface area (Å²) in [5.74, 6) is 0. The van der Waals surface area contributed by atoms with Crippen LogP contribution in [0.3, 0.4) is 0 Å². The van der Waals surface area contributed by atoms with Crippen molar-refractivity contribution in [2.75, 3.05) is 14.2 Å². The number of halogens is 6. The van der Waals surface area contributed by atoms with Crippen molar-refractivity contribution in [2.24, 2.45) is 0 Å². The molecule has 1 nitrogen and oxygen atoms in total. The molecule has 0 amide bonds. The van der Waals surface area contributed by atoms with Gasteiger partial charge in [0.05, 0.1) is 0 Å². The zero-order valence-corrected chi connectivity index (χ0v) is 10.4. The molecule has 0 aliphatic carbocycles. The number of hydrogen-bond acceptors (Lipinski definition) is 1. The molecule has 0 aromatic heterocycles. The van der Waals surface area contributed by atoms with Crippen LogP contribution in [0.5, 0.6) is 0 Å². The summed E-state index contributed by atoms with van der Waals surface area (Å²) in [5, 5.41) is 0. The zero-order chi connectivity index (χ0) is 10.4. The minimum atomic E-state index is -4.93. The van der Waals surface area contributed by atoms with Crippen LogP contribution < -0.4 is 0 Å². The molecule has 0 saturated heterocycles. The third kappa shape index (κ3) is 22.4. The van der Waals surface area contributed by atoms with Crippen molar-refractivity contribution in [3.8, 4) is 0 Å². The first kappa shape index (κ1) is 15.0. The van der Waals surface area contributed by atoms with Gasteiger partial charge in [0.1, 0.15) is 0 Å². The average molecular weight is 296 g/mol. The van der Waals surface area contributed by atoms with E-state index in [1.165, 1.54) is 0 Å². The summed E-state index contributed by atoms with van der Waals surface area (Å²) in [7, 11) is 3.25. The van der Waals surface area contributed by atoms with Gasteiger partial charge >= 0.3 is 58.0 Å². The van der Waals surface area contributed by atoms with E-state index in [0.717, 1.165) is 0 Å². The number of methoxy groups -OCH3 is 1. The van der Waals surface area contributed by atoms with Gasteiger partial charge in [0.15, 0.2) is 0 Å².